The van der Waals surface area contributed by atoms with Gasteiger partial charge in [0.25, 0.3) is 0 Å². The highest BCUT2D eigenvalue weighted by molar-refractivity contribution is 5.89. The number of carbonyl (C=O) groups excluding carboxylic acids is 2. The number of rotatable bonds is 6. The van der Waals surface area contributed by atoms with E-state index in [0.717, 1.165) is 6.42 Å². The zero-order valence-corrected chi connectivity index (χ0v) is 8.55. The standard InChI is InChI=1S/C9H16O6/c1-2-3-4-6(11)8(13)15-9(14)7(12)5-10/h6-7,10-12H,2-5H2,1H3. The molecule has 3 N–H and O–H groups in total. The van der Waals surface area contributed by atoms with E-state index in [2.05, 4.69) is 4.74 Å². The summed E-state index contributed by atoms with van der Waals surface area (Å²) in [5.41, 5.74) is 0. The second-order valence-electron chi connectivity index (χ2n) is 3.10. The largest absolute Gasteiger partial charge is 0.393 e. The molecule has 2 unspecified atom stereocenters. The van der Waals surface area contributed by atoms with Crippen LogP contribution in [0, 0.1) is 0 Å². The van der Waals surface area contributed by atoms with E-state index in [9.17, 15) is 14.7 Å². The lowest BCUT2D eigenvalue weighted by Gasteiger charge is -2.10. The van der Waals surface area contributed by atoms with Gasteiger partial charge in [-0.3, -0.25) is 0 Å². The Hall–Kier alpha value is -0.980. The number of aliphatic hydroxyl groups is 3. The molecule has 0 radical (unpaired) electrons. The Bertz CT molecular complexity index is 215. The zero-order chi connectivity index (χ0) is 11.8. The highest BCUT2D eigenvalue weighted by Gasteiger charge is 2.23. The van der Waals surface area contributed by atoms with E-state index < -0.39 is 30.8 Å². The van der Waals surface area contributed by atoms with Crippen LogP contribution in [-0.2, 0) is 14.3 Å². The van der Waals surface area contributed by atoms with Crippen molar-refractivity contribution in [2.45, 2.75) is 38.4 Å². The van der Waals surface area contributed by atoms with Crippen LogP contribution in [-0.4, -0.2) is 46.1 Å². The SMILES string of the molecule is CCCCC(O)C(=O)OC(=O)C(O)CO. The minimum atomic E-state index is -1.74. The lowest BCUT2D eigenvalue weighted by Crippen LogP contribution is -2.33. The Morgan fingerprint density at radius 1 is 1.20 bits per heavy atom. The number of unbranched alkanes of at least 4 members (excludes halogenated alkanes) is 1. The average molecular weight is 220 g/mol. The predicted molar refractivity (Wildman–Crippen MR) is 49.7 cm³/mol. The molecule has 88 valence electrons. The van der Waals surface area contributed by atoms with E-state index in [1.807, 2.05) is 6.92 Å². The number of ether oxygens (including phenoxy) is 1. The lowest BCUT2D eigenvalue weighted by atomic mass is 10.2. The Morgan fingerprint density at radius 3 is 2.20 bits per heavy atom. The van der Waals surface area contributed by atoms with Crippen LogP contribution < -0.4 is 0 Å². The van der Waals surface area contributed by atoms with Crippen molar-refractivity contribution in [2.24, 2.45) is 0 Å². The number of esters is 2. The van der Waals surface area contributed by atoms with Crippen LogP contribution in [0.4, 0.5) is 0 Å². The fraction of sp³-hybridized carbons (Fsp3) is 0.778. The molecular formula is C9H16O6. The van der Waals surface area contributed by atoms with Crippen molar-refractivity contribution >= 4 is 11.9 Å². The van der Waals surface area contributed by atoms with Crippen LogP contribution in [0.2, 0.25) is 0 Å². The molecule has 0 aliphatic carbocycles. The molecular weight excluding hydrogens is 204 g/mol. The molecule has 0 aliphatic rings. The second-order valence-corrected chi connectivity index (χ2v) is 3.10. The van der Waals surface area contributed by atoms with Crippen LogP contribution >= 0.6 is 0 Å². The lowest BCUT2D eigenvalue weighted by molar-refractivity contribution is -0.172. The Kier molecular flexibility index (Phi) is 6.85. The van der Waals surface area contributed by atoms with E-state index in [-0.39, 0.29) is 6.42 Å². The first-order valence-corrected chi connectivity index (χ1v) is 4.75. The minimum Gasteiger partial charge on any atom is -0.393 e. The zero-order valence-electron chi connectivity index (χ0n) is 8.55. The molecule has 6 heteroatoms. The molecule has 6 nitrogen and oxygen atoms in total. The highest BCUT2D eigenvalue weighted by atomic mass is 16.6. The molecule has 0 saturated heterocycles. The van der Waals surface area contributed by atoms with Gasteiger partial charge in [0.2, 0.25) is 0 Å². The van der Waals surface area contributed by atoms with Crippen molar-refractivity contribution in [3.63, 3.8) is 0 Å². The molecule has 0 aromatic heterocycles. The smallest absolute Gasteiger partial charge is 0.345 e. The van der Waals surface area contributed by atoms with Gasteiger partial charge in [0.05, 0.1) is 6.61 Å². The number of aliphatic hydroxyl groups excluding tert-OH is 3. The van der Waals surface area contributed by atoms with Gasteiger partial charge in [-0.2, -0.15) is 0 Å². The van der Waals surface area contributed by atoms with Gasteiger partial charge in [0, 0.05) is 0 Å². The number of hydrogen-bond acceptors (Lipinski definition) is 6. The summed E-state index contributed by atoms with van der Waals surface area (Å²) in [5, 5.41) is 26.3. The first-order chi connectivity index (χ1) is 7.02. The predicted octanol–water partition coefficient (Wildman–Crippen LogP) is -1.04. The molecule has 0 fully saturated rings. The van der Waals surface area contributed by atoms with Crippen molar-refractivity contribution in [2.75, 3.05) is 6.61 Å². The fourth-order valence-electron chi connectivity index (χ4n) is 0.825. The van der Waals surface area contributed by atoms with Crippen LogP contribution in [0.25, 0.3) is 0 Å². The summed E-state index contributed by atoms with van der Waals surface area (Å²) < 4.78 is 4.12. The fourth-order valence-corrected chi connectivity index (χ4v) is 0.825. The maximum absolute atomic E-state index is 11.0. The number of carbonyl (C=O) groups is 2. The van der Waals surface area contributed by atoms with Crippen molar-refractivity contribution in [3.05, 3.63) is 0 Å². The molecule has 0 aliphatic heterocycles. The highest BCUT2D eigenvalue weighted by Crippen LogP contribution is 2.03. The van der Waals surface area contributed by atoms with Gasteiger partial charge in [-0.1, -0.05) is 19.8 Å². The van der Waals surface area contributed by atoms with Gasteiger partial charge in [-0.15, -0.1) is 0 Å². The van der Waals surface area contributed by atoms with Crippen LogP contribution in [0.5, 0.6) is 0 Å². The molecule has 0 spiro atoms. The van der Waals surface area contributed by atoms with E-state index >= 15 is 0 Å². The minimum absolute atomic E-state index is 0.206. The third-order valence-electron chi connectivity index (χ3n) is 1.75. The Morgan fingerprint density at radius 2 is 1.73 bits per heavy atom. The Balaban J connectivity index is 3.96. The van der Waals surface area contributed by atoms with Crippen molar-refractivity contribution < 1.29 is 29.6 Å². The molecule has 0 heterocycles. The van der Waals surface area contributed by atoms with Crippen molar-refractivity contribution in [3.8, 4) is 0 Å². The maximum Gasteiger partial charge on any atom is 0.345 e. The van der Waals surface area contributed by atoms with Gasteiger partial charge >= 0.3 is 11.9 Å². The normalized spacial score (nSPS) is 14.4. The third kappa shape index (κ3) is 5.46. The van der Waals surface area contributed by atoms with Crippen LogP contribution in [0.3, 0.4) is 0 Å². The average Bonchev–Trinajstić information content (AvgIpc) is 2.24. The van der Waals surface area contributed by atoms with Gasteiger partial charge in [0.15, 0.2) is 12.2 Å². The van der Waals surface area contributed by atoms with Gasteiger partial charge in [-0.05, 0) is 6.42 Å². The summed E-state index contributed by atoms with van der Waals surface area (Å²) in [6.45, 7) is 1.07. The summed E-state index contributed by atoms with van der Waals surface area (Å²) in [4.78, 5) is 21.8. The molecule has 15 heavy (non-hydrogen) atoms. The second kappa shape index (κ2) is 7.33. The monoisotopic (exact) mass is 220 g/mol. The van der Waals surface area contributed by atoms with Gasteiger partial charge < -0.3 is 20.1 Å². The molecule has 2 atom stereocenters. The molecule has 0 rings (SSSR count). The summed E-state index contributed by atoms with van der Waals surface area (Å²) in [6.07, 6.45) is -1.46. The third-order valence-corrected chi connectivity index (χ3v) is 1.75. The van der Waals surface area contributed by atoms with E-state index in [0.29, 0.717) is 6.42 Å². The summed E-state index contributed by atoms with van der Waals surface area (Å²) in [5.74, 6) is -2.35. The number of hydrogen-bond donors (Lipinski definition) is 3. The molecule has 0 aromatic carbocycles. The van der Waals surface area contributed by atoms with Gasteiger partial charge in [0.1, 0.15) is 0 Å². The Labute approximate surface area is 87.5 Å². The summed E-state index contributed by atoms with van der Waals surface area (Å²) in [7, 11) is 0. The van der Waals surface area contributed by atoms with E-state index in [4.69, 9.17) is 10.2 Å². The summed E-state index contributed by atoms with van der Waals surface area (Å²) in [6, 6.07) is 0. The molecule has 0 amide bonds. The van der Waals surface area contributed by atoms with Crippen molar-refractivity contribution in [1.82, 2.24) is 0 Å². The quantitative estimate of drug-likeness (QED) is 0.390. The van der Waals surface area contributed by atoms with Crippen molar-refractivity contribution in [1.29, 1.82) is 0 Å². The summed E-state index contributed by atoms with van der Waals surface area (Å²) >= 11 is 0. The molecule has 0 bridgehead atoms. The first kappa shape index (κ1) is 14.0. The molecule has 0 aromatic rings. The van der Waals surface area contributed by atoms with E-state index in [1.165, 1.54) is 0 Å². The van der Waals surface area contributed by atoms with E-state index in [1.54, 1.807) is 0 Å². The van der Waals surface area contributed by atoms with Crippen LogP contribution in [0.15, 0.2) is 0 Å². The van der Waals surface area contributed by atoms with Gasteiger partial charge in [-0.25, -0.2) is 9.59 Å². The topological polar surface area (TPSA) is 104 Å². The molecule has 0 saturated carbocycles. The first-order valence-electron chi connectivity index (χ1n) is 4.75. The van der Waals surface area contributed by atoms with Crippen LogP contribution in [0.1, 0.15) is 26.2 Å². The maximum atomic E-state index is 11.0.